The van der Waals surface area contributed by atoms with Gasteiger partial charge in [0.1, 0.15) is 5.82 Å². The molecule has 0 aliphatic rings. The largest absolute Gasteiger partial charge is 0.392 e. The molecule has 0 radical (unpaired) electrons. The van der Waals surface area contributed by atoms with Crippen molar-refractivity contribution in [2.24, 2.45) is 0 Å². The number of aliphatic hydroxyl groups is 1. The lowest BCUT2D eigenvalue weighted by atomic mass is 9.91. The van der Waals surface area contributed by atoms with Crippen molar-refractivity contribution >= 4 is 5.82 Å². The lowest BCUT2D eigenvalue weighted by Crippen LogP contribution is -2.23. The zero-order valence-corrected chi connectivity index (χ0v) is 12.7. The lowest BCUT2D eigenvalue weighted by molar-refractivity contribution is 0.196. The van der Waals surface area contributed by atoms with Gasteiger partial charge in [0, 0.05) is 38.4 Å². The Hall–Kier alpha value is -1.13. The quantitative estimate of drug-likeness (QED) is 0.803. The molecule has 0 aliphatic carbocycles. The number of ether oxygens (including phenoxy) is 1. The van der Waals surface area contributed by atoms with Gasteiger partial charge in [-0.15, -0.1) is 0 Å². The zero-order chi connectivity index (χ0) is 14.5. The van der Waals surface area contributed by atoms with Crippen LogP contribution < -0.4 is 4.90 Å². The van der Waals surface area contributed by atoms with Crippen molar-refractivity contribution < 1.29 is 9.84 Å². The van der Waals surface area contributed by atoms with Gasteiger partial charge in [0.25, 0.3) is 0 Å². The van der Waals surface area contributed by atoms with Gasteiger partial charge in [-0.2, -0.15) is 0 Å². The molecule has 0 bridgehead atoms. The van der Waals surface area contributed by atoms with Crippen LogP contribution in [0.1, 0.15) is 38.4 Å². The van der Waals surface area contributed by atoms with E-state index in [2.05, 4.69) is 25.7 Å². The summed E-state index contributed by atoms with van der Waals surface area (Å²) in [6.45, 7) is 8.07. The zero-order valence-electron chi connectivity index (χ0n) is 12.7. The van der Waals surface area contributed by atoms with Gasteiger partial charge in [-0.1, -0.05) is 20.8 Å². The molecule has 0 aromatic carbocycles. The summed E-state index contributed by atoms with van der Waals surface area (Å²) in [4.78, 5) is 6.81. The van der Waals surface area contributed by atoms with Gasteiger partial charge in [-0.25, -0.2) is 4.98 Å². The average molecular weight is 266 g/mol. The lowest BCUT2D eigenvalue weighted by Gasteiger charge is -2.24. The molecule has 0 spiro atoms. The number of rotatable bonds is 6. The predicted molar refractivity (Wildman–Crippen MR) is 78.6 cm³/mol. The van der Waals surface area contributed by atoms with E-state index in [9.17, 15) is 5.11 Å². The molecule has 0 atom stereocenters. The maximum absolute atomic E-state index is 9.38. The van der Waals surface area contributed by atoms with Crippen molar-refractivity contribution in [3.05, 3.63) is 23.4 Å². The number of hydrogen-bond donors (Lipinski definition) is 1. The van der Waals surface area contributed by atoms with Gasteiger partial charge in [0.05, 0.1) is 6.61 Å². The van der Waals surface area contributed by atoms with Gasteiger partial charge in [0.15, 0.2) is 0 Å². The van der Waals surface area contributed by atoms with E-state index < -0.39 is 0 Å². The summed E-state index contributed by atoms with van der Waals surface area (Å²) in [5.74, 6) is 0.910. The molecule has 0 saturated heterocycles. The van der Waals surface area contributed by atoms with Crippen LogP contribution in [0.4, 0.5) is 5.82 Å². The molecule has 1 N–H and O–H groups in total. The van der Waals surface area contributed by atoms with Gasteiger partial charge in [-0.3, -0.25) is 0 Å². The van der Waals surface area contributed by atoms with Gasteiger partial charge < -0.3 is 14.7 Å². The first-order valence-electron chi connectivity index (χ1n) is 6.71. The third-order valence-corrected chi connectivity index (χ3v) is 3.06. The molecule has 1 aromatic heterocycles. The average Bonchev–Trinajstić information content (AvgIpc) is 2.37. The Morgan fingerprint density at radius 1 is 1.32 bits per heavy atom. The maximum atomic E-state index is 9.38. The Morgan fingerprint density at radius 2 is 2.00 bits per heavy atom. The number of methoxy groups -OCH3 is 1. The van der Waals surface area contributed by atoms with Crippen molar-refractivity contribution in [1.29, 1.82) is 0 Å². The standard InChI is InChI=1S/C15H26N2O2/c1-15(2,3)13-9-12(11-18)10-14(16-13)17(4)7-6-8-19-5/h9-10,18H,6-8,11H2,1-5H3. The summed E-state index contributed by atoms with van der Waals surface area (Å²) < 4.78 is 5.06. The Morgan fingerprint density at radius 3 is 2.53 bits per heavy atom. The fraction of sp³-hybridized carbons (Fsp3) is 0.667. The molecule has 0 saturated carbocycles. The molecule has 0 fully saturated rings. The van der Waals surface area contributed by atoms with E-state index in [-0.39, 0.29) is 12.0 Å². The summed E-state index contributed by atoms with van der Waals surface area (Å²) in [5.41, 5.74) is 1.90. The highest BCUT2D eigenvalue weighted by Crippen LogP contribution is 2.24. The van der Waals surface area contributed by atoms with Crippen molar-refractivity contribution in [3.63, 3.8) is 0 Å². The van der Waals surface area contributed by atoms with Crippen molar-refractivity contribution in [3.8, 4) is 0 Å². The highest BCUT2D eigenvalue weighted by atomic mass is 16.5. The van der Waals surface area contributed by atoms with E-state index in [0.717, 1.165) is 36.6 Å². The highest BCUT2D eigenvalue weighted by molar-refractivity contribution is 5.43. The predicted octanol–water partition coefficient (Wildman–Crippen LogP) is 2.34. The minimum absolute atomic E-state index is 0.0205. The van der Waals surface area contributed by atoms with E-state index >= 15 is 0 Å². The Kier molecular flexibility index (Phi) is 5.76. The highest BCUT2D eigenvalue weighted by Gasteiger charge is 2.18. The first kappa shape index (κ1) is 15.9. The summed E-state index contributed by atoms with van der Waals surface area (Å²) in [5, 5.41) is 9.38. The van der Waals surface area contributed by atoms with Crippen LogP contribution in [-0.2, 0) is 16.8 Å². The summed E-state index contributed by atoms with van der Waals surface area (Å²) in [7, 11) is 3.73. The second kappa shape index (κ2) is 6.87. The van der Waals surface area contributed by atoms with Gasteiger partial charge >= 0.3 is 0 Å². The third kappa shape index (κ3) is 4.80. The number of aromatic nitrogens is 1. The normalized spacial score (nSPS) is 11.7. The molecule has 4 heteroatoms. The van der Waals surface area contributed by atoms with Crippen LogP contribution in [0.25, 0.3) is 0 Å². The molecule has 0 aliphatic heterocycles. The van der Waals surface area contributed by atoms with Crippen molar-refractivity contribution in [1.82, 2.24) is 4.98 Å². The van der Waals surface area contributed by atoms with E-state index in [1.807, 2.05) is 19.2 Å². The molecule has 1 aromatic rings. The summed E-state index contributed by atoms with van der Waals surface area (Å²) in [6.07, 6.45) is 0.961. The van der Waals surface area contributed by atoms with Crippen LogP contribution in [0.15, 0.2) is 12.1 Å². The number of nitrogens with zero attached hydrogens (tertiary/aromatic N) is 2. The number of aliphatic hydroxyl groups excluding tert-OH is 1. The number of anilines is 1. The van der Waals surface area contributed by atoms with E-state index in [1.54, 1.807) is 7.11 Å². The van der Waals surface area contributed by atoms with Gasteiger partial charge in [0.2, 0.25) is 0 Å². The van der Waals surface area contributed by atoms with Crippen molar-refractivity contribution in [2.75, 3.05) is 32.2 Å². The van der Waals surface area contributed by atoms with E-state index in [1.165, 1.54) is 0 Å². The van der Waals surface area contributed by atoms with E-state index in [4.69, 9.17) is 9.72 Å². The van der Waals surface area contributed by atoms with Crippen LogP contribution in [0, 0.1) is 0 Å². The van der Waals surface area contributed by atoms with Crippen LogP contribution in [0.3, 0.4) is 0 Å². The second-order valence-electron chi connectivity index (χ2n) is 5.89. The Balaban J connectivity index is 2.93. The minimum atomic E-state index is -0.0205. The summed E-state index contributed by atoms with van der Waals surface area (Å²) in [6, 6.07) is 3.93. The van der Waals surface area contributed by atoms with Gasteiger partial charge in [-0.05, 0) is 24.1 Å². The molecule has 19 heavy (non-hydrogen) atoms. The molecule has 1 heterocycles. The molecule has 0 amide bonds. The molecule has 4 nitrogen and oxygen atoms in total. The molecule has 108 valence electrons. The Bertz CT molecular complexity index is 400. The van der Waals surface area contributed by atoms with Crippen LogP contribution in [0.5, 0.6) is 0 Å². The molecular formula is C15H26N2O2. The fourth-order valence-corrected chi connectivity index (χ4v) is 1.80. The number of pyridine rings is 1. The van der Waals surface area contributed by atoms with Crippen LogP contribution in [-0.4, -0.2) is 37.4 Å². The maximum Gasteiger partial charge on any atom is 0.128 e. The van der Waals surface area contributed by atoms with Crippen LogP contribution >= 0.6 is 0 Å². The van der Waals surface area contributed by atoms with E-state index in [0.29, 0.717) is 0 Å². The second-order valence-corrected chi connectivity index (χ2v) is 5.89. The monoisotopic (exact) mass is 266 g/mol. The topological polar surface area (TPSA) is 45.6 Å². The minimum Gasteiger partial charge on any atom is -0.392 e. The first-order chi connectivity index (χ1) is 8.88. The SMILES string of the molecule is COCCCN(C)c1cc(CO)cc(C(C)(C)C)n1. The number of hydrogen-bond acceptors (Lipinski definition) is 4. The Labute approximate surface area is 116 Å². The van der Waals surface area contributed by atoms with Crippen molar-refractivity contribution in [2.45, 2.75) is 39.2 Å². The fourth-order valence-electron chi connectivity index (χ4n) is 1.80. The molecule has 0 unspecified atom stereocenters. The molecular weight excluding hydrogens is 240 g/mol. The summed E-state index contributed by atoms with van der Waals surface area (Å²) >= 11 is 0. The molecule has 1 rings (SSSR count). The first-order valence-corrected chi connectivity index (χ1v) is 6.71. The van der Waals surface area contributed by atoms with Crippen LogP contribution in [0.2, 0.25) is 0 Å². The third-order valence-electron chi connectivity index (χ3n) is 3.06. The smallest absolute Gasteiger partial charge is 0.128 e.